The molecular weight excluding hydrogens is 259 g/mol. The fraction of sp³-hybridized carbons (Fsp3) is 0.667. The van der Waals surface area contributed by atoms with E-state index in [1.807, 2.05) is 0 Å². The first-order valence-electron chi connectivity index (χ1n) is 8.39. The molecule has 1 aromatic carbocycles. The summed E-state index contributed by atoms with van der Waals surface area (Å²) < 4.78 is 12.3. The molecule has 0 spiro atoms. The van der Waals surface area contributed by atoms with Gasteiger partial charge in [-0.3, -0.25) is 0 Å². The lowest BCUT2D eigenvalue weighted by atomic mass is 9.39. The fourth-order valence-electron chi connectivity index (χ4n) is 5.04. The largest absolute Gasteiger partial charge is 0.461 e. The van der Waals surface area contributed by atoms with Crippen molar-refractivity contribution in [3.63, 3.8) is 0 Å². The molecule has 0 radical (unpaired) electrons. The topological polar surface area (TPSA) is 18.5 Å². The van der Waals surface area contributed by atoms with E-state index < -0.39 is 0 Å². The maximum atomic E-state index is 6.27. The van der Waals surface area contributed by atoms with Gasteiger partial charge in [0.25, 0.3) is 0 Å². The molecule has 1 aromatic rings. The Hall–Kier alpha value is -0.795. The van der Waals surface area contributed by atoms with Gasteiger partial charge in [0, 0.05) is 0 Å². The molecule has 0 N–H and O–H groups in total. The molecule has 0 amide bonds. The third-order valence-corrected chi connectivity index (χ3v) is 6.64. The zero-order valence-corrected chi connectivity index (χ0v) is 13.3. The van der Waals surface area contributed by atoms with Crippen LogP contribution in [0.15, 0.2) is 30.3 Å². The Labute approximate surface area is 128 Å². The van der Waals surface area contributed by atoms with Gasteiger partial charge in [-0.1, -0.05) is 51.1 Å². The number of hydrogen-bond acceptors (Lipinski definition) is 2. The maximum Gasteiger partial charge on any atom is 0.461 e. The molecule has 1 saturated heterocycles. The van der Waals surface area contributed by atoms with Gasteiger partial charge in [-0.15, -0.1) is 0 Å². The van der Waals surface area contributed by atoms with Crippen LogP contribution in [0.5, 0.6) is 0 Å². The highest BCUT2D eigenvalue weighted by molar-refractivity contribution is 6.47. The van der Waals surface area contributed by atoms with Gasteiger partial charge in [-0.05, 0) is 47.4 Å². The Bertz CT molecular complexity index is 515. The molecule has 21 heavy (non-hydrogen) atoms. The zero-order chi connectivity index (χ0) is 14.6. The molecule has 3 aliphatic carbocycles. The van der Waals surface area contributed by atoms with Crippen LogP contribution in [0.25, 0.3) is 0 Å². The van der Waals surface area contributed by atoms with Crippen LogP contribution in [0.4, 0.5) is 0 Å². The Morgan fingerprint density at radius 3 is 2.57 bits per heavy atom. The number of benzene rings is 1. The third-order valence-electron chi connectivity index (χ3n) is 6.64. The highest BCUT2D eigenvalue weighted by atomic mass is 16.6. The molecule has 0 unspecified atom stereocenters. The van der Waals surface area contributed by atoms with Crippen LogP contribution in [-0.2, 0) is 9.31 Å². The first kappa shape index (κ1) is 13.8. The standard InChI is InChI=1S/C18H25BO2/c1-12-15-9-14(18(15,2)3)10-16(12)19-20-11-17(21-19)13-7-5-4-6-8-13/h4-8,12,14-17H,9-11H2,1-3H3/t12-,14-,15-,16-,17+/m0/s1. The average molecular weight is 284 g/mol. The van der Waals surface area contributed by atoms with Crippen LogP contribution in [0.1, 0.15) is 45.3 Å². The van der Waals surface area contributed by atoms with Crippen molar-refractivity contribution in [3.8, 4) is 0 Å². The van der Waals surface area contributed by atoms with Gasteiger partial charge in [-0.25, -0.2) is 0 Å². The molecule has 4 aliphatic rings. The molecule has 2 bridgehead atoms. The Kier molecular flexibility index (Phi) is 3.20. The van der Waals surface area contributed by atoms with Crippen molar-refractivity contribution >= 4 is 7.12 Å². The van der Waals surface area contributed by atoms with Crippen molar-refractivity contribution in [1.82, 2.24) is 0 Å². The van der Waals surface area contributed by atoms with Gasteiger partial charge in [0.15, 0.2) is 0 Å². The predicted molar refractivity (Wildman–Crippen MR) is 84.9 cm³/mol. The second kappa shape index (κ2) is 4.86. The van der Waals surface area contributed by atoms with Gasteiger partial charge in [0.2, 0.25) is 0 Å². The minimum Gasteiger partial charge on any atom is -0.408 e. The SMILES string of the molecule is C[C@@H]1[C@@H](B2OC[C@H](c3ccccc3)O2)C[C@@H]2C[C@@H]1C2(C)C. The quantitative estimate of drug-likeness (QED) is 0.752. The molecule has 1 heterocycles. The van der Waals surface area contributed by atoms with Crippen LogP contribution in [0, 0.1) is 23.2 Å². The van der Waals surface area contributed by atoms with E-state index in [9.17, 15) is 0 Å². The maximum absolute atomic E-state index is 6.27. The van der Waals surface area contributed by atoms with E-state index in [4.69, 9.17) is 9.31 Å². The number of hydrogen-bond donors (Lipinski definition) is 0. The summed E-state index contributed by atoms with van der Waals surface area (Å²) in [7, 11) is 0.00612. The number of fused-ring (bicyclic) bond motifs is 2. The lowest BCUT2D eigenvalue weighted by Crippen LogP contribution is -2.55. The average Bonchev–Trinajstić information content (AvgIpc) is 2.97. The second-order valence-electron chi connectivity index (χ2n) is 7.86. The minimum atomic E-state index is 0.00612. The predicted octanol–water partition coefficient (Wildman–Crippen LogP) is 4.34. The van der Waals surface area contributed by atoms with Crippen LogP contribution in [-0.4, -0.2) is 13.7 Å². The lowest BCUT2D eigenvalue weighted by molar-refractivity contribution is -0.103. The van der Waals surface area contributed by atoms with Crippen LogP contribution < -0.4 is 0 Å². The Morgan fingerprint density at radius 2 is 1.90 bits per heavy atom. The lowest BCUT2D eigenvalue weighted by Gasteiger charge is -2.62. The van der Waals surface area contributed by atoms with E-state index in [0.29, 0.717) is 23.8 Å². The zero-order valence-electron chi connectivity index (χ0n) is 13.3. The molecule has 2 nitrogen and oxygen atoms in total. The fourth-order valence-corrected chi connectivity index (χ4v) is 5.04. The minimum absolute atomic E-state index is 0.00612. The van der Waals surface area contributed by atoms with Crippen molar-refractivity contribution in [1.29, 1.82) is 0 Å². The van der Waals surface area contributed by atoms with Crippen molar-refractivity contribution in [2.75, 3.05) is 6.61 Å². The molecule has 3 heteroatoms. The van der Waals surface area contributed by atoms with E-state index in [-0.39, 0.29) is 13.2 Å². The van der Waals surface area contributed by atoms with Crippen molar-refractivity contribution in [2.24, 2.45) is 23.2 Å². The summed E-state index contributed by atoms with van der Waals surface area (Å²) in [5.74, 6) is 3.01. The summed E-state index contributed by atoms with van der Waals surface area (Å²) in [6.07, 6.45) is 2.81. The van der Waals surface area contributed by atoms with E-state index in [1.165, 1.54) is 18.4 Å². The second-order valence-corrected chi connectivity index (χ2v) is 7.86. The molecule has 5 atom stereocenters. The molecule has 1 aliphatic heterocycles. The molecule has 112 valence electrons. The Balaban J connectivity index is 1.45. The van der Waals surface area contributed by atoms with Crippen molar-refractivity contribution in [2.45, 2.75) is 45.5 Å². The summed E-state index contributed by atoms with van der Waals surface area (Å²) >= 11 is 0. The summed E-state index contributed by atoms with van der Waals surface area (Å²) in [6.45, 7) is 8.01. The molecule has 3 saturated carbocycles. The van der Waals surface area contributed by atoms with Crippen molar-refractivity contribution in [3.05, 3.63) is 35.9 Å². The summed E-state index contributed by atoms with van der Waals surface area (Å²) in [4.78, 5) is 0. The summed E-state index contributed by atoms with van der Waals surface area (Å²) in [5.41, 5.74) is 1.78. The van der Waals surface area contributed by atoms with Gasteiger partial charge in [-0.2, -0.15) is 0 Å². The van der Waals surface area contributed by atoms with Gasteiger partial charge in [0.1, 0.15) is 0 Å². The van der Waals surface area contributed by atoms with Gasteiger partial charge < -0.3 is 9.31 Å². The van der Waals surface area contributed by atoms with Gasteiger partial charge >= 0.3 is 7.12 Å². The van der Waals surface area contributed by atoms with E-state index >= 15 is 0 Å². The molecule has 0 aromatic heterocycles. The van der Waals surface area contributed by atoms with E-state index in [2.05, 4.69) is 51.1 Å². The smallest absolute Gasteiger partial charge is 0.408 e. The van der Waals surface area contributed by atoms with Crippen LogP contribution >= 0.6 is 0 Å². The molecular formula is C18H25BO2. The van der Waals surface area contributed by atoms with E-state index in [0.717, 1.165) is 11.8 Å². The van der Waals surface area contributed by atoms with Crippen LogP contribution in [0.2, 0.25) is 5.82 Å². The molecule has 4 fully saturated rings. The monoisotopic (exact) mass is 284 g/mol. The van der Waals surface area contributed by atoms with Crippen molar-refractivity contribution < 1.29 is 9.31 Å². The van der Waals surface area contributed by atoms with Crippen LogP contribution in [0.3, 0.4) is 0 Å². The number of rotatable bonds is 2. The third kappa shape index (κ3) is 2.09. The highest BCUT2D eigenvalue weighted by Gasteiger charge is 2.59. The first-order chi connectivity index (χ1) is 10.1. The Morgan fingerprint density at radius 1 is 1.14 bits per heavy atom. The highest BCUT2D eigenvalue weighted by Crippen LogP contribution is 2.65. The normalized spacial score (nSPS) is 40.9. The van der Waals surface area contributed by atoms with E-state index in [1.54, 1.807) is 0 Å². The summed E-state index contributed by atoms with van der Waals surface area (Å²) in [5, 5.41) is 0. The molecule has 5 rings (SSSR count). The summed E-state index contributed by atoms with van der Waals surface area (Å²) in [6, 6.07) is 10.5. The van der Waals surface area contributed by atoms with Gasteiger partial charge in [0.05, 0.1) is 12.7 Å². The first-order valence-corrected chi connectivity index (χ1v) is 8.39.